The zero-order valence-electron chi connectivity index (χ0n) is 17.4. The Labute approximate surface area is 183 Å². The van der Waals surface area contributed by atoms with Gasteiger partial charge in [0.1, 0.15) is 11.5 Å². The van der Waals surface area contributed by atoms with E-state index in [1.54, 1.807) is 0 Å². The molecule has 5 unspecified atom stereocenters. The zero-order chi connectivity index (χ0) is 22.9. The molecule has 6 nitrogen and oxygen atoms in total. The van der Waals surface area contributed by atoms with Gasteiger partial charge in [-0.25, -0.2) is 0 Å². The van der Waals surface area contributed by atoms with Crippen molar-refractivity contribution in [3.8, 4) is 11.5 Å². The highest BCUT2D eigenvalue weighted by Crippen LogP contribution is 2.43. The molecule has 32 heavy (non-hydrogen) atoms. The number of hydrogen-bond acceptors (Lipinski definition) is 5. The number of hydrogen-bond donors (Lipinski definition) is 3. The second kappa shape index (κ2) is 8.99. The van der Waals surface area contributed by atoms with Gasteiger partial charge in [-0.15, -0.1) is 13.2 Å². The van der Waals surface area contributed by atoms with Crippen LogP contribution in [0.15, 0.2) is 48.5 Å². The second-order valence-electron chi connectivity index (χ2n) is 8.27. The van der Waals surface area contributed by atoms with Crippen molar-refractivity contribution in [2.45, 2.75) is 43.9 Å². The van der Waals surface area contributed by atoms with Crippen molar-refractivity contribution in [2.75, 3.05) is 7.11 Å². The standard InChI is InChI=1S/C23H25F3N2O4/c1-31-19-8-7-16(32-23(24,25)26)9-15(19)12-27-20-14-10-17(22(29)30)18(11-14)28-21(20)13-5-3-2-4-6-13/h2-9,14,17-18,20-21,27-28H,10-12H2,1H3,(H,29,30). The van der Waals surface area contributed by atoms with Crippen molar-refractivity contribution in [2.24, 2.45) is 11.8 Å². The second-order valence-corrected chi connectivity index (χ2v) is 8.27. The van der Waals surface area contributed by atoms with Crippen LogP contribution in [0.2, 0.25) is 0 Å². The summed E-state index contributed by atoms with van der Waals surface area (Å²) in [5, 5.41) is 16.6. The number of alkyl halides is 3. The number of fused-ring (bicyclic) bond motifs is 2. The van der Waals surface area contributed by atoms with Gasteiger partial charge >= 0.3 is 12.3 Å². The van der Waals surface area contributed by atoms with E-state index in [9.17, 15) is 23.1 Å². The number of benzene rings is 2. The van der Waals surface area contributed by atoms with Crippen LogP contribution in [-0.4, -0.2) is 36.6 Å². The Morgan fingerprint density at radius 3 is 2.59 bits per heavy atom. The van der Waals surface area contributed by atoms with Crippen LogP contribution in [0.4, 0.5) is 13.2 Å². The number of rotatable bonds is 7. The molecule has 2 bridgehead atoms. The summed E-state index contributed by atoms with van der Waals surface area (Å²) in [6.45, 7) is 0.243. The number of carboxylic acid groups (broad SMARTS) is 1. The van der Waals surface area contributed by atoms with E-state index in [0.717, 1.165) is 12.0 Å². The highest BCUT2D eigenvalue weighted by atomic mass is 19.4. The van der Waals surface area contributed by atoms with Crippen LogP contribution >= 0.6 is 0 Å². The largest absolute Gasteiger partial charge is 0.573 e. The van der Waals surface area contributed by atoms with Crippen molar-refractivity contribution < 1.29 is 32.5 Å². The number of ether oxygens (including phenoxy) is 2. The van der Waals surface area contributed by atoms with Gasteiger partial charge in [0.25, 0.3) is 0 Å². The molecule has 0 radical (unpaired) electrons. The molecule has 3 N–H and O–H groups in total. The van der Waals surface area contributed by atoms with Crippen LogP contribution in [-0.2, 0) is 11.3 Å². The number of halogens is 3. The molecule has 5 atom stereocenters. The average molecular weight is 450 g/mol. The van der Waals surface area contributed by atoms with Crippen molar-refractivity contribution >= 4 is 5.97 Å². The normalized spacial score (nSPS) is 27.2. The highest BCUT2D eigenvalue weighted by Gasteiger charge is 2.49. The predicted molar refractivity (Wildman–Crippen MR) is 110 cm³/mol. The molecule has 1 aliphatic heterocycles. The molecule has 2 aromatic carbocycles. The first-order chi connectivity index (χ1) is 15.2. The van der Waals surface area contributed by atoms with E-state index >= 15 is 0 Å². The van der Waals surface area contributed by atoms with Crippen molar-refractivity contribution in [3.05, 3.63) is 59.7 Å². The first kappa shape index (κ1) is 22.4. The molecule has 0 spiro atoms. The highest BCUT2D eigenvalue weighted by molar-refractivity contribution is 5.71. The Bertz CT molecular complexity index is 954. The molecule has 9 heteroatoms. The summed E-state index contributed by atoms with van der Waals surface area (Å²) in [6, 6.07) is 13.4. The van der Waals surface area contributed by atoms with E-state index in [2.05, 4.69) is 15.4 Å². The predicted octanol–water partition coefficient (Wildman–Crippen LogP) is 3.88. The molecule has 172 valence electrons. The fourth-order valence-electron chi connectivity index (χ4n) is 5.00. The third-order valence-electron chi connectivity index (χ3n) is 6.35. The molecule has 2 aliphatic rings. The maximum atomic E-state index is 12.6. The Morgan fingerprint density at radius 1 is 1.19 bits per heavy atom. The van der Waals surface area contributed by atoms with E-state index in [0.29, 0.717) is 17.7 Å². The maximum Gasteiger partial charge on any atom is 0.573 e. The van der Waals surface area contributed by atoms with Crippen LogP contribution in [0.1, 0.15) is 30.0 Å². The lowest BCUT2D eigenvalue weighted by atomic mass is 9.84. The number of nitrogens with one attached hydrogen (secondary N) is 2. The quantitative estimate of drug-likeness (QED) is 0.594. The smallest absolute Gasteiger partial charge is 0.496 e. The summed E-state index contributed by atoms with van der Waals surface area (Å²) < 4.78 is 47.3. The molecule has 2 aromatic rings. The van der Waals surface area contributed by atoms with Crippen LogP contribution < -0.4 is 20.1 Å². The van der Waals surface area contributed by atoms with Crippen LogP contribution in [0.25, 0.3) is 0 Å². The monoisotopic (exact) mass is 450 g/mol. The molecule has 1 aliphatic carbocycles. The summed E-state index contributed by atoms with van der Waals surface area (Å²) >= 11 is 0. The molecule has 1 saturated carbocycles. The van der Waals surface area contributed by atoms with Gasteiger partial charge in [-0.2, -0.15) is 0 Å². The molecule has 2 fully saturated rings. The van der Waals surface area contributed by atoms with Crippen LogP contribution in [0.5, 0.6) is 11.5 Å². The lowest BCUT2D eigenvalue weighted by molar-refractivity contribution is -0.274. The van der Waals surface area contributed by atoms with Gasteiger partial charge in [0.15, 0.2) is 0 Å². The van der Waals surface area contributed by atoms with Crippen LogP contribution in [0.3, 0.4) is 0 Å². The first-order valence-corrected chi connectivity index (χ1v) is 10.4. The topological polar surface area (TPSA) is 79.8 Å². The van der Waals surface area contributed by atoms with Gasteiger partial charge in [-0.1, -0.05) is 30.3 Å². The van der Waals surface area contributed by atoms with Crippen molar-refractivity contribution in [3.63, 3.8) is 0 Å². The third kappa shape index (κ3) is 4.83. The summed E-state index contributed by atoms with van der Waals surface area (Å²) in [5.74, 6) is -1.02. The van der Waals surface area contributed by atoms with Gasteiger partial charge in [-0.3, -0.25) is 4.79 Å². The summed E-state index contributed by atoms with van der Waals surface area (Å²) in [6.07, 6.45) is -3.51. The molecule has 0 amide bonds. The Balaban J connectivity index is 1.57. The van der Waals surface area contributed by atoms with Gasteiger partial charge in [0.05, 0.1) is 13.0 Å². The fraction of sp³-hybridized carbons (Fsp3) is 0.435. The van der Waals surface area contributed by atoms with E-state index in [4.69, 9.17) is 4.74 Å². The lowest BCUT2D eigenvalue weighted by Gasteiger charge is -2.39. The van der Waals surface area contributed by atoms with E-state index < -0.39 is 18.2 Å². The van der Waals surface area contributed by atoms with Crippen molar-refractivity contribution in [1.29, 1.82) is 0 Å². The number of carboxylic acids is 1. The Kier molecular flexibility index (Phi) is 6.30. The van der Waals surface area contributed by atoms with E-state index in [1.165, 1.54) is 25.3 Å². The summed E-state index contributed by atoms with van der Waals surface area (Å²) in [7, 11) is 1.46. The SMILES string of the molecule is COc1ccc(OC(F)(F)F)cc1CNC1C2CC(NC1c1ccccc1)C(C(=O)O)C2. The minimum absolute atomic E-state index is 0.102. The maximum absolute atomic E-state index is 12.6. The average Bonchev–Trinajstić information content (AvgIpc) is 3.10. The zero-order valence-corrected chi connectivity index (χ0v) is 17.4. The Hall–Kier alpha value is -2.78. The first-order valence-electron chi connectivity index (χ1n) is 10.4. The molecule has 4 rings (SSSR count). The molecule has 1 saturated heterocycles. The molecule has 1 heterocycles. The van der Waals surface area contributed by atoms with Crippen molar-refractivity contribution in [1.82, 2.24) is 10.6 Å². The van der Waals surface area contributed by atoms with Gasteiger partial charge in [-0.05, 0) is 42.5 Å². The number of methoxy groups -OCH3 is 1. The van der Waals surface area contributed by atoms with E-state index in [-0.39, 0.29) is 36.3 Å². The Morgan fingerprint density at radius 2 is 1.94 bits per heavy atom. The van der Waals surface area contributed by atoms with Crippen LogP contribution in [0, 0.1) is 11.8 Å². The minimum atomic E-state index is -4.78. The number of piperidine rings is 1. The molecule has 0 aromatic heterocycles. The summed E-state index contributed by atoms with van der Waals surface area (Å²) in [5.41, 5.74) is 1.56. The summed E-state index contributed by atoms with van der Waals surface area (Å²) in [4.78, 5) is 11.7. The van der Waals surface area contributed by atoms with Gasteiger partial charge in [0.2, 0.25) is 0 Å². The number of carbonyl (C=O) groups is 1. The third-order valence-corrected chi connectivity index (χ3v) is 6.35. The van der Waals surface area contributed by atoms with E-state index in [1.807, 2.05) is 30.3 Å². The molecular weight excluding hydrogens is 425 g/mol. The minimum Gasteiger partial charge on any atom is -0.496 e. The van der Waals surface area contributed by atoms with Gasteiger partial charge < -0.3 is 25.2 Å². The lowest BCUT2D eigenvalue weighted by Crippen LogP contribution is -2.52. The number of aliphatic carboxylic acids is 1. The van der Waals surface area contributed by atoms with Gasteiger partial charge in [0, 0.05) is 30.2 Å². The molecular formula is C23H25F3N2O4. The fourth-order valence-corrected chi connectivity index (χ4v) is 5.00.